The summed E-state index contributed by atoms with van der Waals surface area (Å²) in [6, 6.07) is 2.91. The first-order valence-electron chi connectivity index (χ1n) is 5.69. The Hall–Kier alpha value is -1.56. The first-order valence-corrected chi connectivity index (χ1v) is 7.51. The number of amides is 1. The summed E-state index contributed by atoms with van der Waals surface area (Å²) in [6.45, 7) is 3.92. The Bertz CT molecular complexity index is 532. The molecule has 0 N–H and O–H groups in total. The molecule has 1 saturated heterocycles. The largest absolute Gasteiger partial charge is 0.459 e. The molecule has 2 heterocycles. The fourth-order valence-electron chi connectivity index (χ4n) is 2.10. The van der Waals surface area contributed by atoms with Crippen molar-refractivity contribution in [3.63, 3.8) is 0 Å². The number of carbonyl (C=O) groups is 1. The first kappa shape index (κ1) is 12.9. The highest BCUT2D eigenvalue weighted by Crippen LogP contribution is 2.20. The van der Waals surface area contributed by atoms with Crippen LogP contribution in [0.15, 0.2) is 35.5 Å². The molecule has 0 bridgehead atoms. The van der Waals surface area contributed by atoms with E-state index in [0.29, 0.717) is 13.0 Å². The van der Waals surface area contributed by atoms with Gasteiger partial charge in [0.05, 0.1) is 17.8 Å². The number of hydrogen-bond acceptors (Lipinski definition) is 4. The van der Waals surface area contributed by atoms with Gasteiger partial charge in [-0.25, -0.2) is 8.42 Å². The van der Waals surface area contributed by atoms with Crippen LogP contribution in [0.4, 0.5) is 0 Å². The predicted octanol–water partition coefficient (Wildman–Crippen LogP) is 1.09. The van der Waals surface area contributed by atoms with Crippen molar-refractivity contribution in [2.45, 2.75) is 12.5 Å². The zero-order chi connectivity index (χ0) is 13.2. The maximum atomic E-state index is 12.2. The Morgan fingerprint density at radius 1 is 1.61 bits per heavy atom. The lowest BCUT2D eigenvalue weighted by Gasteiger charge is -2.25. The van der Waals surface area contributed by atoms with Crippen LogP contribution in [0.25, 0.3) is 0 Å². The quantitative estimate of drug-likeness (QED) is 0.767. The highest BCUT2D eigenvalue weighted by atomic mass is 32.2. The molecule has 1 aliphatic rings. The number of carbonyl (C=O) groups excluding carboxylic acids is 1. The van der Waals surface area contributed by atoms with Crippen LogP contribution in [-0.4, -0.2) is 43.3 Å². The number of hydrogen-bond donors (Lipinski definition) is 0. The molecule has 0 saturated carbocycles. The molecule has 0 aliphatic carbocycles. The summed E-state index contributed by atoms with van der Waals surface area (Å²) in [5, 5.41) is 0. The van der Waals surface area contributed by atoms with Crippen molar-refractivity contribution in [3.05, 3.63) is 36.8 Å². The summed E-state index contributed by atoms with van der Waals surface area (Å²) in [4.78, 5) is 13.7. The first-order chi connectivity index (χ1) is 8.53. The van der Waals surface area contributed by atoms with Gasteiger partial charge in [-0.2, -0.15) is 0 Å². The number of furan rings is 1. The van der Waals surface area contributed by atoms with E-state index in [1.807, 2.05) is 0 Å². The van der Waals surface area contributed by atoms with Gasteiger partial charge in [0.15, 0.2) is 15.6 Å². The molecular weight excluding hydrogens is 254 g/mol. The van der Waals surface area contributed by atoms with Gasteiger partial charge in [-0.15, -0.1) is 6.58 Å². The molecule has 1 fully saturated rings. The second kappa shape index (κ2) is 4.97. The van der Waals surface area contributed by atoms with E-state index in [4.69, 9.17) is 4.42 Å². The molecule has 5 nitrogen and oxygen atoms in total. The minimum atomic E-state index is -3.02. The molecule has 1 unspecified atom stereocenters. The predicted molar refractivity (Wildman–Crippen MR) is 67.0 cm³/mol. The fourth-order valence-corrected chi connectivity index (χ4v) is 3.83. The minimum Gasteiger partial charge on any atom is -0.459 e. The van der Waals surface area contributed by atoms with E-state index in [1.165, 1.54) is 11.2 Å². The molecule has 0 aromatic carbocycles. The monoisotopic (exact) mass is 269 g/mol. The van der Waals surface area contributed by atoms with Crippen LogP contribution in [0.3, 0.4) is 0 Å². The third-order valence-corrected chi connectivity index (χ3v) is 4.72. The number of sulfone groups is 1. The van der Waals surface area contributed by atoms with Crippen molar-refractivity contribution in [2.24, 2.45) is 0 Å². The van der Waals surface area contributed by atoms with E-state index < -0.39 is 9.84 Å². The topological polar surface area (TPSA) is 67.6 Å². The van der Waals surface area contributed by atoms with Gasteiger partial charge in [0.2, 0.25) is 0 Å². The van der Waals surface area contributed by atoms with Crippen LogP contribution in [0.2, 0.25) is 0 Å². The average Bonchev–Trinajstić information content (AvgIpc) is 2.94. The second-order valence-electron chi connectivity index (χ2n) is 4.28. The lowest BCUT2D eigenvalue weighted by atomic mass is 10.2. The van der Waals surface area contributed by atoms with Crippen LogP contribution in [0, 0.1) is 0 Å². The lowest BCUT2D eigenvalue weighted by Crippen LogP contribution is -2.41. The average molecular weight is 269 g/mol. The van der Waals surface area contributed by atoms with Crippen molar-refractivity contribution in [3.8, 4) is 0 Å². The summed E-state index contributed by atoms with van der Waals surface area (Å²) in [6.07, 6.45) is 3.49. The summed E-state index contributed by atoms with van der Waals surface area (Å²) >= 11 is 0. The van der Waals surface area contributed by atoms with Crippen LogP contribution in [-0.2, 0) is 9.84 Å². The SMILES string of the molecule is C=CCN(C(=O)c1ccco1)C1CCS(=O)(=O)C1. The Labute approximate surface area is 106 Å². The molecule has 98 valence electrons. The molecule has 0 spiro atoms. The highest BCUT2D eigenvalue weighted by Gasteiger charge is 2.35. The molecule has 6 heteroatoms. The van der Waals surface area contributed by atoms with E-state index in [2.05, 4.69) is 6.58 Å². The summed E-state index contributed by atoms with van der Waals surface area (Å²) in [7, 11) is -3.02. The summed E-state index contributed by atoms with van der Waals surface area (Å²) in [5.41, 5.74) is 0. The van der Waals surface area contributed by atoms with Crippen LogP contribution in [0.1, 0.15) is 17.0 Å². The molecular formula is C12H15NO4S. The molecule has 18 heavy (non-hydrogen) atoms. The van der Waals surface area contributed by atoms with E-state index in [1.54, 1.807) is 18.2 Å². The van der Waals surface area contributed by atoms with E-state index >= 15 is 0 Å². The highest BCUT2D eigenvalue weighted by molar-refractivity contribution is 7.91. The molecule has 0 radical (unpaired) electrons. The fraction of sp³-hybridized carbons (Fsp3) is 0.417. The minimum absolute atomic E-state index is 0.0211. The van der Waals surface area contributed by atoms with Gasteiger partial charge in [-0.05, 0) is 18.6 Å². The Kier molecular flexibility index (Phi) is 3.56. The van der Waals surface area contributed by atoms with Crippen LogP contribution < -0.4 is 0 Å². The number of nitrogens with zero attached hydrogens (tertiary/aromatic N) is 1. The van der Waals surface area contributed by atoms with Gasteiger partial charge in [0.1, 0.15) is 0 Å². The molecule has 1 amide bonds. The zero-order valence-electron chi connectivity index (χ0n) is 9.91. The Balaban J connectivity index is 2.19. The van der Waals surface area contributed by atoms with Crippen LogP contribution in [0.5, 0.6) is 0 Å². The maximum Gasteiger partial charge on any atom is 0.290 e. The Morgan fingerprint density at radius 3 is 2.89 bits per heavy atom. The van der Waals surface area contributed by atoms with Gasteiger partial charge >= 0.3 is 0 Å². The Morgan fingerprint density at radius 2 is 2.39 bits per heavy atom. The zero-order valence-corrected chi connectivity index (χ0v) is 10.7. The van der Waals surface area contributed by atoms with Crippen LogP contribution >= 0.6 is 0 Å². The van der Waals surface area contributed by atoms with E-state index in [9.17, 15) is 13.2 Å². The van der Waals surface area contributed by atoms with Crippen molar-refractivity contribution in [1.82, 2.24) is 4.90 Å². The van der Waals surface area contributed by atoms with Gasteiger partial charge < -0.3 is 9.32 Å². The maximum absolute atomic E-state index is 12.2. The van der Waals surface area contributed by atoms with E-state index in [0.717, 1.165) is 0 Å². The van der Waals surface area contributed by atoms with Crippen molar-refractivity contribution < 1.29 is 17.6 Å². The van der Waals surface area contributed by atoms with Gasteiger partial charge in [-0.3, -0.25) is 4.79 Å². The standard InChI is InChI=1S/C12H15NO4S/c1-2-6-13(10-5-8-18(15,16)9-10)12(14)11-4-3-7-17-11/h2-4,7,10H,1,5-6,8-9H2. The summed E-state index contributed by atoms with van der Waals surface area (Å²) in [5.74, 6) is 0.0902. The number of rotatable bonds is 4. The molecule has 2 rings (SSSR count). The third-order valence-electron chi connectivity index (χ3n) is 2.97. The van der Waals surface area contributed by atoms with E-state index in [-0.39, 0.29) is 29.2 Å². The second-order valence-corrected chi connectivity index (χ2v) is 6.51. The molecule has 1 aliphatic heterocycles. The van der Waals surface area contributed by atoms with Gasteiger partial charge in [-0.1, -0.05) is 6.08 Å². The third kappa shape index (κ3) is 2.64. The van der Waals surface area contributed by atoms with Crippen molar-refractivity contribution in [1.29, 1.82) is 0 Å². The molecule has 1 aromatic heterocycles. The molecule has 1 atom stereocenters. The van der Waals surface area contributed by atoms with Gasteiger partial charge in [0.25, 0.3) is 5.91 Å². The van der Waals surface area contributed by atoms with Gasteiger partial charge in [0, 0.05) is 12.6 Å². The normalized spacial score (nSPS) is 21.7. The smallest absolute Gasteiger partial charge is 0.290 e. The van der Waals surface area contributed by atoms with Crippen molar-refractivity contribution in [2.75, 3.05) is 18.1 Å². The van der Waals surface area contributed by atoms with Crippen molar-refractivity contribution >= 4 is 15.7 Å². The summed E-state index contributed by atoms with van der Waals surface area (Å²) < 4.78 is 28.0. The lowest BCUT2D eigenvalue weighted by molar-refractivity contribution is 0.0688. The molecule has 1 aromatic rings.